The van der Waals surface area contributed by atoms with Gasteiger partial charge in [0.1, 0.15) is 0 Å². The number of nitrogens with zero attached hydrogens (tertiary/aromatic N) is 1. The highest BCUT2D eigenvalue weighted by atomic mass is 35.5. The predicted molar refractivity (Wildman–Crippen MR) is 77.7 cm³/mol. The Labute approximate surface area is 120 Å². The summed E-state index contributed by atoms with van der Waals surface area (Å²) in [5, 5.41) is 6.23. The van der Waals surface area contributed by atoms with Gasteiger partial charge < -0.3 is 10.6 Å². The fourth-order valence-electron chi connectivity index (χ4n) is 1.93. The van der Waals surface area contributed by atoms with Crippen LogP contribution in [0.4, 0.5) is 5.69 Å². The molecule has 0 atom stereocenters. The lowest BCUT2D eigenvalue weighted by Crippen LogP contribution is -2.34. The highest BCUT2D eigenvalue weighted by Gasteiger charge is 2.21. The number of hydrogen-bond donors (Lipinski definition) is 2. The van der Waals surface area contributed by atoms with E-state index in [1.165, 1.54) is 0 Å². The molecule has 6 heteroatoms. The van der Waals surface area contributed by atoms with Crippen LogP contribution in [-0.2, 0) is 4.79 Å². The summed E-state index contributed by atoms with van der Waals surface area (Å²) >= 11 is 0. The SMILES string of the molecule is Cc1cnccc1NC(=O)C1CCNCC1.Cl.Cl. The minimum Gasteiger partial charge on any atom is -0.325 e. The first-order chi connectivity index (χ1) is 7.77. The van der Waals surface area contributed by atoms with E-state index < -0.39 is 0 Å². The zero-order valence-corrected chi connectivity index (χ0v) is 11.9. The number of halogens is 2. The number of nitrogens with one attached hydrogen (secondary N) is 2. The first kappa shape index (κ1) is 17.2. The van der Waals surface area contributed by atoms with Crippen molar-refractivity contribution >= 4 is 36.4 Å². The molecule has 0 aromatic carbocycles. The summed E-state index contributed by atoms with van der Waals surface area (Å²) in [7, 11) is 0. The Morgan fingerprint density at radius 3 is 2.67 bits per heavy atom. The Morgan fingerprint density at radius 2 is 2.06 bits per heavy atom. The third kappa shape index (κ3) is 4.44. The molecule has 18 heavy (non-hydrogen) atoms. The molecular weight excluding hydrogens is 273 g/mol. The van der Waals surface area contributed by atoms with Crippen LogP contribution in [0.1, 0.15) is 18.4 Å². The molecule has 4 nitrogen and oxygen atoms in total. The second kappa shape index (κ2) is 8.29. The van der Waals surface area contributed by atoms with Gasteiger partial charge in [-0.2, -0.15) is 0 Å². The highest BCUT2D eigenvalue weighted by molar-refractivity contribution is 5.93. The summed E-state index contributed by atoms with van der Waals surface area (Å²) in [6.45, 7) is 3.83. The molecule has 0 saturated carbocycles. The lowest BCUT2D eigenvalue weighted by Gasteiger charge is -2.22. The summed E-state index contributed by atoms with van der Waals surface area (Å²) in [5.41, 5.74) is 1.88. The van der Waals surface area contributed by atoms with E-state index in [0.29, 0.717) is 0 Å². The van der Waals surface area contributed by atoms with Gasteiger partial charge in [-0.15, -0.1) is 24.8 Å². The Bertz CT molecular complexity index is 381. The van der Waals surface area contributed by atoms with Crippen molar-refractivity contribution in [3.8, 4) is 0 Å². The topological polar surface area (TPSA) is 54.0 Å². The van der Waals surface area contributed by atoms with Gasteiger partial charge in [0, 0.05) is 24.0 Å². The number of pyridine rings is 1. The molecule has 0 spiro atoms. The summed E-state index contributed by atoms with van der Waals surface area (Å²) in [6, 6.07) is 1.84. The summed E-state index contributed by atoms with van der Waals surface area (Å²) in [5.74, 6) is 0.282. The molecule has 0 unspecified atom stereocenters. The number of anilines is 1. The van der Waals surface area contributed by atoms with E-state index in [9.17, 15) is 4.79 Å². The van der Waals surface area contributed by atoms with Gasteiger partial charge >= 0.3 is 0 Å². The van der Waals surface area contributed by atoms with E-state index in [0.717, 1.165) is 37.2 Å². The van der Waals surface area contributed by atoms with Crippen LogP contribution in [0.3, 0.4) is 0 Å². The summed E-state index contributed by atoms with van der Waals surface area (Å²) < 4.78 is 0. The normalized spacial score (nSPS) is 15.2. The number of aromatic nitrogens is 1. The molecule has 2 heterocycles. The third-order valence-corrected chi connectivity index (χ3v) is 2.99. The van der Waals surface area contributed by atoms with Crippen LogP contribution in [0.15, 0.2) is 18.5 Å². The molecule has 1 aromatic rings. The number of rotatable bonds is 2. The number of piperidine rings is 1. The van der Waals surface area contributed by atoms with Crippen molar-refractivity contribution in [2.75, 3.05) is 18.4 Å². The van der Waals surface area contributed by atoms with E-state index in [1.807, 2.05) is 13.0 Å². The van der Waals surface area contributed by atoms with Gasteiger partial charge in [0.2, 0.25) is 5.91 Å². The number of hydrogen-bond acceptors (Lipinski definition) is 3. The maximum atomic E-state index is 12.0. The molecule has 1 amide bonds. The van der Waals surface area contributed by atoms with Crippen LogP contribution < -0.4 is 10.6 Å². The highest BCUT2D eigenvalue weighted by Crippen LogP contribution is 2.17. The molecule has 1 fully saturated rings. The van der Waals surface area contributed by atoms with Crippen molar-refractivity contribution in [1.29, 1.82) is 0 Å². The molecule has 1 aliphatic heterocycles. The zero-order valence-electron chi connectivity index (χ0n) is 10.3. The smallest absolute Gasteiger partial charge is 0.227 e. The largest absolute Gasteiger partial charge is 0.325 e. The summed E-state index contributed by atoms with van der Waals surface area (Å²) in [6.07, 6.45) is 5.31. The van der Waals surface area contributed by atoms with Crippen molar-refractivity contribution in [3.05, 3.63) is 24.0 Å². The van der Waals surface area contributed by atoms with Gasteiger partial charge in [-0.3, -0.25) is 9.78 Å². The van der Waals surface area contributed by atoms with Crippen LogP contribution in [-0.4, -0.2) is 24.0 Å². The molecule has 2 rings (SSSR count). The van der Waals surface area contributed by atoms with Crippen molar-refractivity contribution in [2.24, 2.45) is 5.92 Å². The Balaban J connectivity index is 0.00000144. The van der Waals surface area contributed by atoms with E-state index in [4.69, 9.17) is 0 Å². The molecule has 2 N–H and O–H groups in total. The second-order valence-corrected chi connectivity index (χ2v) is 4.20. The lowest BCUT2D eigenvalue weighted by molar-refractivity contribution is -0.120. The minimum absolute atomic E-state index is 0. The maximum absolute atomic E-state index is 12.0. The lowest BCUT2D eigenvalue weighted by atomic mass is 9.97. The Kier molecular flexibility index (Phi) is 7.91. The van der Waals surface area contributed by atoms with Gasteiger partial charge in [0.15, 0.2) is 0 Å². The van der Waals surface area contributed by atoms with Crippen molar-refractivity contribution in [3.63, 3.8) is 0 Å². The fraction of sp³-hybridized carbons (Fsp3) is 0.500. The van der Waals surface area contributed by atoms with Crippen LogP contribution in [0.2, 0.25) is 0 Å². The molecule has 0 radical (unpaired) electrons. The Hall–Kier alpha value is -0.840. The zero-order chi connectivity index (χ0) is 11.4. The molecule has 102 valence electrons. The predicted octanol–water partition coefficient (Wildman–Crippen LogP) is 2.17. The van der Waals surface area contributed by atoms with Crippen LogP contribution >= 0.6 is 24.8 Å². The van der Waals surface area contributed by atoms with Gasteiger partial charge in [-0.25, -0.2) is 0 Å². The molecule has 0 bridgehead atoms. The first-order valence-corrected chi connectivity index (χ1v) is 5.69. The third-order valence-electron chi connectivity index (χ3n) is 2.99. The quantitative estimate of drug-likeness (QED) is 0.878. The van der Waals surface area contributed by atoms with Crippen LogP contribution in [0, 0.1) is 12.8 Å². The van der Waals surface area contributed by atoms with Crippen LogP contribution in [0.25, 0.3) is 0 Å². The molecular formula is C12H19Cl2N3O. The monoisotopic (exact) mass is 291 g/mol. The van der Waals surface area contributed by atoms with Gasteiger partial charge in [-0.05, 0) is 44.5 Å². The summed E-state index contributed by atoms with van der Waals surface area (Å²) in [4.78, 5) is 16.0. The number of amides is 1. The second-order valence-electron chi connectivity index (χ2n) is 4.20. The number of carbonyl (C=O) groups is 1. The molecule has 0 aliphatic carbocycles. The molecule has 1 aromatic heterocycles. The number of aryl methyl sites for hydroxylation is 1. The maximum Gasteiger partial charge on any atom is 0.227 e. The standard InChI is InChI=1S/C12H17N3O.2ClH/c1-9-8-14-7-4-11(9)15-12(16)10-2-5-13-6-3-10;;/h4,7-8,10,13H,2-3,5-6H2,1H3,(H,14,15,16);2*1H. The van der Waals surface area contributed by atoms with Crippen LogP contribution in [0.5, 0.6) is 0 Å². The fourth-order valence-corrected chi connectivity index (χ4v) is 1.93. The van der Waals surface area contributed by atoms with Crippen molar-refractivity contribution < 1.29 is 4.79 Å². The minimum atomic E-state index is 0. The van der Waals surface area contributed by atoms with Crippen molar-refractivity contribution in [2.45, 2.75) is 19.8 Å². The van der Waals surface area contributed by atoms with Crippen molar-refractivity contribution in [1.82, 2.24) is 10.3 Å². The van der Waals surface area contributed by atoms with E-state index >= 15 is 0 Å². The van der Waals surface area contributed by atoms with E-state index in [1.54, 1.807) is 12.4 Å². The molecule has 1 aliphatic rings. The van der Waals surface area contributed by atoms with E-state index in [-0.39, 0.29) is 36.6 Å². The van der Waals surface area contributed by atoms with Gasteiger partial charge in [0.25, 0.3) is 0 Å². The Morgan fingerprint density at radius 1 is 1.39 bits per heavy atom. The van der Waals surface area contributed by atoms with Gasteiger partial charge in [0.05, 0.1) is 0 Å². The molecule has 1 saturated heterocycles. The first-order valence-electron chi connectivity index (χ1n) is 5.69. The number of carbonyl (C=O) groups excluding carboxylic acids is 1. The average molecular weight is 292 g/mol. The van der Waals surface area contributed by atoms with Gasteiger partial charge in [-0.1, -0.05) is 0 Å². The van der Waals surface area contributed by atoms with E-state index in [2.05, 4.69) is 15.6 Å². The average Bonchev–Trinajstić information content (AvgIpc) is 2.33.